The maximum Gasteiger partial charge on any atom is 1.00 e. The largest absolute Gasteiger partial charge is 1.00 e. The third-order valence-electron chi connectivity index (χ3n) is 1.07. The molecular weight excluding hydrogens is 244 g/mol. The van der Waals surface area contributed by atoms with Gasteiger partial charge in [0.2, 0.25) is 0 Å². The summed E-state index contributed by atoms with van der Waals surface area (Å²) in [5.74, 6) is 0. The molecule has 0 aromatic heterocycles. The first-order valence-corrected chi connectivity index (χ1v) is 5.97. The average Bonchev–Trinajstić information content (AvgIpc) is 2.03. The molecule has 0 aliphatic heterocycles. The first-order valence-electron chi connectivity index (χ1n) is 3.26. The minimum absolute atomic E-state index is 0. The van der Waals surface area contributed by atoms with Gasteiger partial charge in [-0.15, -0.1) is 9.79 Å². The maximum atomic E-state index is 10.3. The Morgan fingerprint density at radius 3 is 1.56 bits per heavy atom. The molecular formula is C6H7Li2O6P2+. The van der Waals surface area contributed by atoms with E-state index in [0.717, 1.165) is 0 Å². The predicted molar refractivity (Wildman–Crippen MR) is 45.7 cm³/mol. The van der Waals surface area contributed by atoms with E-state index in [0.29, 0.717) is 0 Å². The van der Waals surface area contributed by atoms with E-state index in [1.54, 1.807) is 6.07 Å². The van der Waals surface area contributed by atoms with Gasteiger partial charge in [-0.25, -0.2) is 0 Å². The van der Waals surface area contributed by atoms with Crippen LogP contribution in [0, 0.1) is 0 Å². The number of rotatable bonds is 1. The van der Waals surface area contributed by atoms with E-state index >= 15 is 0 Å². The zero-order valence-corrected chi connectivity index (χ0v) is 10.6. The van der Waals surface area contributed by atoms with Crippen LogP contribution < -0.4 is 52.8 Å². The molecule has 0 saturated carbocycles. The molecule has 6 nitrogen and oxygen atoms in total. The first kappa shape index (κ1) is 21.8. The van der Waals surface area contributed by atoms with Crippen molar-refractivity contribution in [2.75, 3.05) is 0 Å². The summed E-state index contributed by atoms with van der Waals surface area (Å²) in [6, 6.07) is 7.23. The summed E-state index contributed by atoms with van der Waals surface area (Å²) in [6.45, 7) is 0. The van der Waals surface area contributed by atoms with Gasteiger partial charge in [0, 0.05) is 4.57 Å². The Labute approximate surface area is 118 Å². The second kappa shape index (κ2) is 10.7. The zero-order chi connectivity index (χ0) is 11.2. The molecule has 0 unspecified atom stereocenters. The van der Waals surface area contributed by atoms with Crippen LogP contribution in [0.2, 0.25) is 0 Å². The van der Waals surface area contributed by atoms with Crippen LogP contribution in [-0.2, 0) is 9.13 Å². The normalized spacial score (nSPS) is 8.75. The van der Waals surface area contributed by atoms with Crippen LogP contribution >= 0.6 is 15.9 Å². The van der Waals surface area contributed by atoms with E-state index in [-0.39, 0.29) is 43.0 Å². The smallest absolute Gasteiger partial charge is 0.807 e. The van der Waals surface area contributed by atoms with Crippen molar-refractivity contribution < 1.29 is 66.4 Å². The molecule has 0 amide bonds. The van der Waals surface area contributed by atoms with E-state index in [1.807, 2.05) is 0 Å². The van der Waals surface area contributed by atoms with Crippen LogP contribution in [0.5, 0.6) is 0 Å². The van der Waals surface area contributed by atoms with Gasteiger partial charge < -0.3 is 14.4 Å². The van der Waals surface area contributed by atoms with Crippen molar-refractivity contribution in [2.45, 2.75) is 0 Å². The minimum Gasteiger partial charge on any atom is -0.807 e. The Morgan fingerprint density at radius 1 is 1.06 bits per heavy atom. The summed E-state index contributed by atoms with van der Waals surface area (Å²) >= 11 is 0. The Bertz CT molecular complexity index is 336. The fourth-order valence-electron chi connectivity index (χ4n) is 0.611. The van der Waals surface area contributed by atoms with Gasteiger partial charge >= 0.3 is 46.0 Å². The van der Waals surface area contributed by atoms with Gasteiger partial charge in [-0.3, -0.25) is 0 Å². The van der Waals surface area contributed by atoms with Gasteiger partial charge in [0.1, 0.15) is 0 Å². The molecule has 16 heavy (non-hydrogen) atoms. The second-order valence-electron chi connectivity index (χ2n) is 2.09. The molecule has 2 N–H and O–H groups in total. The zero-order valence-electron chi connectivity index (χ0n) is 8.81. The monoisotopic (exact) mass is 251 g/mol. The van der Waals surface area contributed by atoms with E-state index in [2.05, 4.69) is 0 Å². The molecule has 0 atom stereocenters. The number of hydrogen-bond donors (Lipinski definition) is 2. The number of hydrogen-bond acceptors (Lipinski definition) is 4. The summed E-state index contributed by atoms with van der Waals surface area (Å²) in [7, 11) is -7.39. The molecule has 0 bridgehead atoms. The molecule has 0 fully saturated rings. The summed E-state index contributed by atoms with van der Waals surface area (Å²) in [6.07, 6.45) is 0. The van der Waals surface area contributed by atoms with Crippen molar-refractivity contribution in [1.29, 1.82) is 0 Å². The quantitative estimate of drug-likeness (QED) is 0.378. The van der Waals surface area contributed by atoms with Gasteiger partial charge in [0.05, 0.1) is 0 Å². The van der Waals surface area contributed by atoms with Crippen molar-refractivity contribution in [2.24, 2.45) is 0 Å². The standard InChI is InChI=1S/C6H7O3P.2Li.HO3P/c7-10(8,9)6-4-2-1-3-5-6;;;1-4(2)3/h1-5H,(H2,7,8,9);;;(H-,1,2,3)/q;2*+1;/p-1. The van der Waals surface area contributed by atoms with Crippen molar-refractivity contribution in [3.05, 3.63) is 30.3 Å². The maximum absolute atomic E-state index is 10.3. The Balaban J connectivity index is -0.000000249. The molecule has 1 aromatic rings. The molecule has 0 heterocycles. The van der Waals surface area contributed by atoms with Crippen LogP contribution in [-0.4, -0.2) is 9.79 Å². The fraction of sp³-hybridized carbons (Fsp3) is 0. The minimum atomic E-state index is -4.52. The van der Waals surface area contributed by atoms with E-state index in [4.69, 9.17) is 14.4 Å². The summed E-state index contributed by atoms with van der Waals surface area (Å²) in [5.41, 5.74) is 0. The van der Waals surface area contributed by atoms with E-state index < -0.39 is 15.9 Å². The Kier molecular flexibility index (Phi) is 14.6. The van der Waals surface area contributed by atoms with Crippen LogP contribution in [0.1, 0.15) is 0 Å². The van der Waals surface area contributed by atoms with Crippen molar-refractivity contribution in [3.8, 4) is 0 Å². The molecule has 1 rings (SSSR count). The number of benzene rings is 1. The molecule has 0 aliphatic rings. The summed E-state index contributed by atoms with van der Waals surface area (Å²) in [5, 5.41) is -0.157. The van der Waals surface area contributed by atoms with Crippen molar-refractivity contribution >= 4 is 21.2 Å². The third kappa shape index (κ3) is 12.7. The van der Waals surface area contributed by atoms with Crippen molar-refractivity contribution in [1.82, 2.24) is 0 Å². The summed E-state index contributed by atoms with van der Waals surface area (Å²) < 4.78 is 19.0. The van der Waals surface area contributed by atoms with Gasteiger partial charge in [0.15, 0.2) is 0 Å². The Hall–Kier alpha value is 0.585. The topological polar surface area (TPSA) is 121 Å². The third-order valence-corrected chi connectivity index (χ3v) is 2.00. The molecule has 10 heteroatoms. The predicted octanol–water partition coefficient (Wildman–Crippen LogP) is -7.14. The molecule has 0 spiro atoms. The molecule has 78 valence electrons. The van der Waals surface area contributed by atoms with Crippen LogP contribution in [0.15, 0.2) is 30.3 Å². The van der Waals surface area contributed by atoms with E-state index in [1.165, 1.54) is 24.3 Å². The summed E-state index contributed by atoms with van der Waals surface area (Å²) in [4.78, 5) is 34.9. The van der Waals surface area contributed by atoms with Crippen molar-refractivity contribution in [3.63, 3.8) is 0 Å². The molecule has 0 aliphatic carbocycles. The fourth-order valence-corrected chi connectivity index (χ4v) is 1.15. The molecule has 0 saturated heterocycles. The SMILES string of the molecule is O=P([O-])([O-])c1ccccc1.O=[P+](O)O.[Li+].[Li+]. The second-order valence-corrected chi connectivity index (χ2v) is 4.10. The van der Waals surface area contributed by atoms with Gasteiger partial charge in [-0.1, -0.05) is 30.3 Å². The molecule has 0 radical (unpaired) electrons. The van der Waals surface area contributed by atoms with Gasteiger partial charge in [-0.2, -0.15) is 0 Å². The average molecular weight is 251 g/mol. The molecule has 1 aromatic carbocycles. The van der Waals surface area contributed by atoms with Gasteiger partial charge in [-0.05, 0) is 12.9 Å². The Morgan fingerprint density at radius 2 is 1.38 bits per heavy atom. The first-order chi connectivity index (χ1) is 6.34. The van der Waals surface area contributed by atoms with Crippen LogP contribution in [0.25, 0.3) is 0 Å². The van der Waals surface area contributed by atoms with Crippen LogP contribution in [0.4, 0.5) is 0 Å². The van der Waals surface area contributed by atoms with Crippen LogP contribution in [0.3, 0.4) is 0 Å². The van der Waals surface area contributed by atoms with Gasteiger partial charge in [0.25, 0.3) is 0 Å². The van der Waals surface area contributed by atoms with E-state index in [9.17, 15) is 14.4 Å².